The van der Waals surface area contributed by atoms with Crippen LogP contribution in [-0.2, 0) is 29.1 Å². The van der Waals surface area contributed by atoms with Gasteiger partial charge in [0.05, 0.1) is 22.7 Å². The molecule has 10 aromatic carbocycles. The molecule has 0 saturated heterocycles. The standard InChI is InChI=1S/C65H54I2N2S2/c1-8-38-35-57(69(41-25-29-43(71-67)30-26-41)55-22-14-18-48-46-16-10-12-20-52(46)65(6,7)62(48)55)50-37-53-58-39(33-34-63(53,2)3)36-56(49-32-31-44(38)59(50)60(49)58)68(40-23-27-42(70-66)28-24-40)54-21-13-17-47-45-15-9-11-19-51(45)64(4,5)61(47)54/h9-32,35-37H,8,33-34H2,1-7H3. The molecule has 350 valence electrons. The van der Waals surface area contributed by atoms with Crippen molar-refractivity contribution in [1.29, 1.82) is 0 Å². The minimum absolute atomic E-state index is 0.0354. The van der Waals surface area contributed by atoms with E-state index in [9.17, 15) is 0 Å². The van der Waals surface area contributed by atoms with E-state index in [1.165, 1.54) is 137 Å². The molecule has 0 N–H and O–H groups in total. The molecule has 71 heavy (non-hydrogen) atoms. The predicted molar refractivity (Wildman–Crippen MR) is 325 cm³/mol. The summed E-state index contributed by atoms with van der Waals surface area (Å²) in [5.74, 6) is 0. The van der Waals surface area contributed by atoms with Gasteiger partial charge >= 0.3 is 0 Å². The zero-order valence-corrected chi connectivity index (χ0v) is 47.1. The third-order valence-electron chi connectivity index (χ3n) is 16.7. The lowest BCUT2D eigenvalue weighted by atomic mass is 9.70. The number of hydrogen-bond acceptors (Lipinski definition) is 4. The van der Waals surface area contributed by atoms with Crippen LogP contribution in [0.25, 0.3) is 54.6 Å². The third-order valence-corrected chi connectivity index (χ3v) is 20.7. The predicted octanol–water partition coefficient (Wildman–Crippen LogP) is 20.8. The molecule has 0 aromatic heterocycles. The quantitative estimate of drug-likeness (QED) is 0.105. The first-order valence-corrected chi connectivity index (χ1v) is 31.7. The van der Waals surface area contributed by atoms with Crippen LogP contribution in [0.3, 0.4) is 0 Å². The summed E-state index contributed by atoms with van der Waals surface area (Å²) in [6.45, 7) is 17.0. The monoisotopic (exact) mass is 1180 g/mol. The van der Waals surface area contributed by atoms with Gasteiger partial charge in [0.15, 0.2) is 0 Å². The average Bonchev–Trinajstić information content (AvgIpc) is 3.78. The summed E-state index contributed by atoms with van der Waals surface area (Å²) < 4.78 is 0. The fraction of sp³-hybridized carbons (Fsp3) is 0.200. The van der Waals surface area contributed by atoms with E-state index in [1.54, 1.807) is 17.9 Å². The van der Waals surface area contributed by atoms with Gasteiger partial charge < -0.3 is 9.80 Å². The molecule has 2 nitrogen and oxygen atoms in total. The van der Waals surface area contributed by atoms with Crippen LogP contribution in [0, 0.1) is 0 Å². The van der Waals surface area contributed by atoms with Crippen molar-refractivity contribution in [2.75, 3.05) is 9.80 Å². The van der Waals surface area contributed by atoms with Gasteiger partial charge in [-0.3, -0.25) is 0 Å². The van der Waals surface area contributed by atoms with E-state index < -0.39 is 0 Å². The Morgan fingerprint density at radius 1 is 0.451 bits per heavy atom. The number of rotatable bonds is 9. The molecule has 3 aliphatic rings. The second-order valence-corrected chi connectivity index (χ2v) is 25.6. The van der Waals surface area contributed by atoms with Crippen molar-refractivity contribution < 1.29 is 0 Å². The van der Waals surface area contributed by atoms with Crippen LogP contribution < -0.4 is 9.80 Å². The molecule has 0 spiro atoms. The number of anilines is 6. The summed E-state index contributed by atoms with van der Waals surface area (Å²) >= 11 is 4.83. The van der Waals surface area contributed by atoms with Gasteiger partial charge in [0, 0.05) is 90.6 Å². The first kappa shape index (κ1) is 45.8. The highest BCUT2D eigenvalue weighted by atomic mass is 127. The van der Waals surface area contributed by atoms with Crippen LogP contribution in [0.4, 0.5) is 34.1 Å². The third kappa shape index (κ3) is 6.72. The summed E-state index contributed by atoms with van der Waals surface area (Å²) in [6.07, 6.45) is 3.02. The largest absolute Gasteiger partial charge is 0.310 e. The van der Waals surface area contributed by atoms with Crippen molar-refractivity contribution in [2.24, 2.45) is 0 Å². The molecule has 0 atom stereocenters. The number of aryl methyl sites for hydroxylation is 2. The number of hydrogen-bond donors (Lipinski definition) is 0. The summed E-state index contributed by atoms with van der Waals surface area (Å²) in [5.41, 5.74) is 22.0. The van der Waals surface area contributed by atoms with E-state index in [0.29, 0.717) is 0 Å². The Morgan fingerprint density at radius 2 is 0.944 bits per heavy atom. The molecule has 0 aliphatic heterocycles. The van der Waals surface area contributed by atoms with Crippen molar-refractivity contribution in [3.8, 4) is 22.3 Å². The maximum atomic E-state index is 2.63. The van der Waals surface area contributed by atoms with Crippen LogP contribution >= 0.6 is 60.3 Å². The Kier molecular flexibility index (Phi) is 10.8. The van der Waals surface area contributed by atoms with Crippen molar-refractivity contribution >= 4 is 127 Å². The van der Waals surface area contributed by atoms with E-state index in [0.717, 1.165) is 19.3 Å². The van der Waals surface area contributed by atoms with Gasteiger partial charge in [-0.2, -0.15) is 0 Å². The lowest BCUT2D eigenvalue weighted by Gasteiger charge is -2.38. The molecule has 0 heterocycles. The van der Waals surface area contributed by atoms with Crippen LogP contribution in [0.1, 0.15) is 93.8 Å². The van der Waals surface area contributed by atoms with Gasteiger partial charge in [-0.15, -0.1) is 0 Å². The molecule has 0 bridgehead atoms. The second-order valence-electron chi connectivity index (χ2n) is 21.7. The highest BCUT2D eigenvalue weighted by molar-refractivity contribution is 14.2. The fourth-order valence-electron chi connectivity index (χ4n) is 13.3. The van der Waals surface area contributed by atoms with Gasteiger partial charge in [0.25, 0.3) is 0 Å². The first-order valence-electron chi connectivity index (χ1n) is 25.0. The highest BCUT2D eigenvalue weighted by Crippen LogP contribution is 2.59. The maximum Gasteiger partial charge on any atom is 0.0543 e. The van der Waals surface area contributed by atoms with Crippen LogP contribution in [0.2, 0.25) is 0 Å². The van der Waals surface area contributed by atoms with Crippen LogP contribution in [-0.4, -0.2) is 0 Å². The van der Waals surface area contributed by atoms with Gasteiger partial charge in [-0.1, -0.05) is 151 Å². The number of benzene rings is 10. The van der Waals surface area contributed by atoms with Crippen molar-refractivity contribution in [3.05, 3.63) is 203 Å². The fourth-order valence-corrected chi connectivity index (χ4v) is 15.6. The molecule has 6 heteroatoms. The summed E-state index contributed by atoms with van der Waals surface area (Å²) in [7, 11) is 3.54. The van der Waals surface area contributed by atoms with Crippen molar-refractivity contribution in [3.63, 3.8) is 0 Å². The summed E-state index contributed by atoms with van der Waals surface area (Å²) in [6, 6.07) is 63.5. The Labute approximate surface area is 451 Å². The molecular weight excluding hydrogens is 1130 g/mol. The molecule has 0 radical (unpaired) electrons. The molecule has 0 saturated carbocycles. The van der Waals surface area contributed by atoms with Crippen LogP contribution in [0.15, 0.2) is 174 Å². The normalized spacial score (nSPS) is 15.5. The average molecular weight is 1180 g/mol. The Bertz CT molecular complexity index is 3810. The second kappa shape index (κ2) is 16.8. The van der Waals surface area contributed by atoms with E-state index in [2.05, 4.69) is 264 Å². The summed E-state index contributed by atoms with van der Waals surface area (Å²) in [5, 5.41) is 8.19. The van der Waals surface area contributed by atoms with E-state index >= 15 is 0 Å². The minimum Gasteiger partial charge on any atom is -0.310 e. The molecule has 13 rings (SSSR count). The maximum absolute atomic E-state index is 2.63. The van der Waals surface area contributed by atoms with E-state index in [-0.39, 0.29) is 16.2 Å². The van der Waals surface area contributed by atoms with Gasteiger partial charge in [-0.25, -0.2) is 0 Å². The van der Waals surface area contributed by atoms with Crippen molar-refractivity contribution in [2.45, 2.75) is 93.8 Å². The zero-order valence-electron chi connectivity index (χ0n) is 41.2. The smallest absolute Gasteiger partial charge is 0.0543 e. The Balaban J connectivity index is 1.15. The molecule has 0 unspecified atom stereocenters. The lowest BCUT2D eigenvalue weighted by Crippen LogP contribution is -2.24. The number of nitrogens with zero attached hydrogens (tertiary/aromatic N) is 2. The number of fused-ring (bicyclic) bond motifs is 6. The van der Waals surface area contributed by atoms with Gasteiger partial charge in [0.2, 0.25) is 0 Å². The SMILES string of the molecule is CCc1cc(N(c2ccc(SI)cc2)c2cccc3c2C(C)(C)c2ccccc2-3)c2cc3c4c(cc(N(c5ccc(SI)cc5)c5cccc6c5C(C)(C)c5ccccc5-6)c5ccc1c2c54)CCC3(C)C. The van der Waals surface area contributed by atoms with Crippen molar-refractivity contribution in [1.82, 2.24) is 0 Å². The Morgan fingerprint density at radius 3 is 1.46 bits per heavy atom. The van der Waals surface area contributed by atoms with Gasteiger partial charge in [0.1, 0.15) is 0 Å². The van der Waals surface area contributed by atoms with E-state index in [1.807, 2.05) is 0 Å². The van der Waals surface area contributed by atoms with Crippen LogP contribution in [0.5, 0.6) is 0 Å². The molecular formula is C65H54I2N2S2. The molecule has 0 fully saturated rings. The topological polar surface area (TPSA) is 6.48 Å². The van der Waals surface area contributed by atoms with Gasteiger partial charge in [-0.05, 0) is 181 Å². The number of halogens is 2. The molecule has 3 aliphatic carbocycles. The summed E-state index contributed by atoms with van der Waals surface area (Å²) in [4.78, 5) is 7.76. The highest BCUT2D eigenvalue weighted by Gasteiger charge is 2.42. The molecule has 10 aromatic rings. The minimum atomic E-state index is -0.210. The molecule has 0 amide bonds. The zero-order chi connectivity index (χ0) is 48.7. The lowest BCUT2D eigenvalue weighted by molar-refractivity contribution is 0.475. The first-order chi connectivity index (χ1) is 34.3. The Hall–Kier alpha value is -5.00. The van der Waals surface area contributed by atoms with E-state index in [4.69, 9.17) is 0 Å².